The molecule has 0 aliphatic heterocycles. The predicted octanol–water partition coefficient (Wildman–Crippen LogP) is 2.17. The summed E-state index contributed by atoms with van der Waals surface area (Å²) >= 11 is 12.1. The largest absolute Gasteiger partial charge is 0.355 e. The van der Waals surface area contributed by atoms with Gasteiger partial charge in [-0.05, 0) is 24.0 Å². The Labute approximate surface area is 110 Å². The molecule has 1 aromatic carbocycles. The zero-order valence-corrected chi connectivity index (χ0v) is 10.8. The van der Waals surface area contributed by atoms with Gasteiger partial charge in [-0.15, -0.1) is 0 Å². The molecule has 1 saturated carbocycles. The van der Waals surface area contributed by atoms with Crippen LogP contribution >= 0.6 is 23.2 Å². The van der Waals surface area contributed by atoms with Crippen molar-refractivity contribution in [3.8, 4) is 0 Å². The second-order valence-electron chi connectivity index (χ2n) is 4.17. The van der Waals surface area contributed by atoms with Crippen LogP contribution in [-0.2, 0) is 4.79 Å². The normalized spacial score (nSPS) is 22.3. The molecule has 5 heteroatoms. The molecule has 3 nitrogen and oxygen atoms in total. The fraction of sp³-hybridized carbons (Fsp3) is 0.417. The fourth-order valence-corrected chi connectivity index (χ4v) is 2.41. The van der Waals surface area contributed by atoms with Gasteiger partial charge in [-0.2, -0.15) is 0 Å². The van der Waals surface area contributed by atoms with E-state index in [2.05, 4.69) is 5.32 Å². The molecule has 1 fully saturated rings. The summed E-state index contributed by atoms with van der Waals surface area (Å²) in [5, 5.41) is 3.89. The van der Waals surface area contributed by atoms with E-state index in [1.807, 2.05) is 12.1 Å². The number of nitrogens with two attached hydrogens (primary N) is 1. The Hall–Kier alpha value is -0.770. The fourth-order valence-electron chi connectivity index (χ4n) is 1.96. The summed E-state index contributed by atoms with van der Waals surface area (Å²) in [5.74, 6) is 0.257. The molecule has 0 spiro atoms. The SMILES string of the molecule is NCCNC(=O)C1CC1c1cccc(Cl)c1Cl. The van der Waals surface area contributed by atoms with Crippen LogP contribution in [0.3, 0.4) is 0 Å². The maximum absolute atomic E-state index is 11.7. The standard InChI is InChI=1S/C12H14Cl2N2O/c13-10-3-1-2-7(11(10)14)8-6-9(8)12(17)16-5-4-15/h1-3,8-9H,4-6,15H2,(H,16,17). The molecule has 0 bridgehead atoms. The number of amides is 1. The maximum Gasteiger partial charge on any atom is 0.223 e. The Morgan fingerprint density at radius 3 is 2.94 bits per heavy atom. The highest BCUT2D eigenvalue weighted by Crippen LogP contribution is 2.50. The highest BCUT2D eigenvalue weighted by atomic mass is 35.5. The molecule has 1 amide bonds. The predicted molar refractivity (Wildman–Crippen MR) is 69.4 cm³/mol. The zero-order chi connectivity index (χ0) is 12.4. The first-order valence-corrected chi connectivity index (χ1v) is 6.32. The lowest BCUT2D eigenvalue weighted by Crippen LogP contribution is -2.30. The number of carbonyl (C=O) groups is 1. The van der Waals surface area contributed by atoms with Crippen LogP contribution in [-0.4, -0.2) is 19.0 Å². The number of hydrogen-bond donors (Lipinski definition) is 2. The molecule has 1 aliphatic carbocycles. The lowest BCUT2D eigenvalue weighted by Gasteiger charge is -2.05. The van der Waals surface area contributed by atoms with Crippen molar-refractivity contribution in [2.75, 3.05) is 13.1 Å². The molecule has 3 N–H and O–H groups in total. The first-order valence-electron chi connectivity index (χ1n) is 5.57. The van der Waals surface area contributed by atoms with Gasteiger partial charge in [0.2, 0.25) is 5.91 Å². The highest BCUT2D eigenvalue weighted by molar-refractivity contribution is 6.42. The number of rotatable bonds is 4. The summed E-state index contributed by atoms with van der Waals surface area (Å²) in [6, 6.07) is 5.53. The average Bonchev–Trinajstić information content (AvgIpc) is 3.09. The van der Waals surface area contributed by atoms with Crippen LogP contribution < -0.4 is 11.1 Å². The molecule has 92 valence electrons. The van der Waals surface area contributed by atoms with E-state index in [0.29, 0.717) is 23.1 Å². The van der Waals surface area contributed by atoms with Gasteiger partial charge in [-0.1, -0.05) is 35.3 Å². The summed E-state index contributed by atoms with van der Waals surface area (Å²) in [6.07, 6.45) is 0.830. The van der Waals surface area contributed by atoms with E-state index in [-0.39, 0.29) is 17.7 Å². The summed E-state index contributed by atoms with van der Waals surface area (Å²) in [4.78, 5) is 11.7. The van der Waals surface area contributed by atoms with Crippen LogP contribution in [0.15, 0.2) is 18.2 Å². The van der Waals surface area contributed by atoms with E-state index in [1.54, 1.807) is 6.07 Å². The maximum atomic E-state index is 11.7. The Kier molecular flexibility index (Phi) is 3.92. The van der Waals surface area contributed by atoms with Gasteiger partial charge in [0.1, 0.15) is 0 Å². The molecule has 2 rings (SSSR count). The minimum atomic E-state index is 0.0116. The third kappa shape index (κ3) is 2.73. The van der Waals surface area contributed by atoms with Crippen LogP contribution in [0.5, 0.6) is 0 Å². The summed E-state index contributed by atoms with van der Waals surface area (Å²) in [5.41, 5.74) is 6.30. The van der Waals surface area contributed by atoms with Crippen molar-refractivity contribution >= 4 is 29.1 Å². The smallest absolute Gasteiger partial charge is 0.223 e. The van der Waals surface area contributed by atoms with Gasteiger partial charge in [0.05, 0.1) is 10.0 Å². The van der Waals surface area contributed by atoms with E-state index in [1.165, 1.54) is 0 Å². The van der Waals surface area contributed by atoms with Gasteiger partial charge in [-0.3, -0.25) is 4.79 Å². The van der Waals surface area contributed by atoms with Gasteiger partial charge in [0.15, 0.2) is 0 Å². The summed E-state index contributed by atoms with van der Waals surface area (Å²) in [7, 11) is 0. The Morgan fingerprint density at radius 1 is 1.47 bits per heavy atom. The van der Waals surface area contributed by atoms with E-state index in [9.17, 15) is 4.79 Å². The average molecular weight is 273 g/mol. The Morgan fingerprint density at radius 2 is 2.24 bits per heavy atom. The van der Waals surface area contributed by atoms with Crippen LogP contribution in [0.4, 0.5) is 0 Å². The summed E-state index contributed by atoms with van der Waals surface area (Å²) in [6.45, 7) is 0.979. The van der Waals surface area contributed by atoms with Crippen molar-refractivity contribution < 1.29 is 4.79 Å². The van der Waals surface area contributed by atoms with Crippen molar-refractivity contribution in [1.29, 1.82) is 0 Å². The lowest BCUT2D eigenvalue weighted by molar-refractivity contribution is -0.122. The molecule has 0 aromatic heterocycles. The van der Waals surface area contributed by atoms with E-state index < -0.39 is 0 Å². The van der Waals surface area contributed by atoms with Crippen LogP contribution in [0.25, 0.3) is 0 Å². The van der Waals surface area contributed by atoms with E-state index >= 15 is 0 Å². The number of halogens is 2. The molecule has 0 radical (unpaired) electrons. The minimum Gasteiger partial charge on any atom is -0.355 e. The first kappa shape index (κ1) is 12.7. The van der Waals surface area contributed by atoms with Crippen molar-refractivity contribution in [3.05, 3.63) is 33.8 Å². The number of benzene rings is 1. The third-order valence-corrected chi connectivity index (χ3v) is 3.79. The lowest BCUT2D eigenvalue weighted by atomic mass is 10.1. The van der Waals surface area contributed by atoms with Crippen LogP contribution in [0.2, 0.25) is 10.0 Å². The molecular weight excluding hydrogens is 259 g/mol. The summed E-state index contributed by atoms with van der Waals surface area (Å²) < 4.78 is 0. The third-order valence-electron chi connectivity index (χ3n) is 2.95. The number of carbonyl (C=O) groups excluding carboxylic acids is 1. The first-order chi connectivity index (χ1) is 8.15. The molecule has 17 heavy (non-hydrogen) atoms. The second kappa shape index (κ2) is 5.25. The van der Waals surface area contributed by atoms with Crippen LogP contribution in [0, 0.1) is 5.92 Å². The quantitative estimate of drug-likeness (QED) is 0.883. The van der Waals surface area contributed by atoms with Gasteiger partial charge in [-0.25, -0.2) is 0 Å². The molecule has 2 atom stereocenters. The zero-order valence-electron chi connectivity index (χ0n) is 9.25. The molecule has 1 aromatic rings. The van der Waals surface area contributed by atoms with Crippen molar-refractivity contribution in [1.82, 2.24) is 5.32 Å². The molecule has 1 aliphatic rings. The Bertz CT molecular complexity index is 437. The molecule has 0 heterocycles. The van der Waals surface area contributed by atoms with Gasteiger partial charge in [0.25, 0.3) is 0 Å². The second-order valence-corrected chi connectivity index (χ2v) is 4.96. The van der Waals surface area contributed by atoms with Crippen molar-refractivity contribution in [2.24, 2.45) is 11.7 Å². The Balaban J connectivity index is 2.03. The van der Waals surface area contributed by atoms with Gasteiger partial charge >= 0.3 is 0 Å². The minimum absolute atomic E-state index is 0.0116. The van der Waals surface area contributed by atoms with E-state index in [0.717, 1.165) is 12.0 Å². The van der Waals surface area contributed by atoms with E-state index in [4.69, 9.17) is 28.9 Å². The molecular formula is C12H14Cl2N2O. The monoisotopic (exact) mass is 272 g/mol. The highest BCUT2D eigenvalue weighted by Gasteiger charge is 2.44. The number of hydrogen-bond acceptors (Lipinski definition) is 2. The number of nitrogens with one attached hydrogen (secondary N) is 1. The van der Waals surface area contributed by atoms with Gasteiger partial charge < -0.3 is 11.1 Å². The van der Waals surface area contributed by atoms with Crippen LogP contribution in [0.1, 0.15) is 17.9 Å². The van der Waals surface area contributed by atoms with Crippen molar-refractivity contribution in [2.45, 2.75) is 12.3 Å². The topological polar surface area (TPSA) is 55.1 Å². The van der Waals surface area contributed by atoms with Crippen molar-refractivity contribution in [3.63, 3.8) is 0 Å². The molecule has 0 saturated heterocycles. The molecule has 2 unspecified atom stereocenters. The van der Waals surface area contributed by atoms with Gasteiger partial charge in [0, 0.05) is 19.0 Å².